The molecule has 0 aliphatic carbocycles. The van der Waals surface area contributed by atoms with Crippen LogP contribution in [0.5, 0.6) is 0 Å². The van der Waals surface area contributed by atoms with Crippen molar-refractivity contribution < 1.29 is 0 Å². The summed E-state index contributed by atoms with van der Waals surface area (Å²) in [6.45, 7) is 3.40. The maximum absolute atomic E-state index is 5.95. The Balaban J connectivity index is 3.00. The van der Waals surface area contributed by atoms with Gasteiger partial charge in [0.15, 0.2) is 0 Å². The summed E-state index contributed by atoms with van der Waals surface area (Å²) in [5.41, 5.74) is 7.58. The average Bonchev–Trinajstić information content (AvgIpc) is 2.05. The lowest BCUT2D eigenvalue weighted by Gasteiger charge is -2.09. The molecule has 0 aliphatic rings. The number of hydrogen-bond donors (Lipinski definition) is 2. The molecule has 3 heteroatoms. The van der Waals surface area contributed by atoms with Crippen molar-refractivity contribution in [3.8, 4) is 0 Å². The molecule has 0 aromatic heterocycles. The number of rotatable bonds is 3. The molecule has 0 aliphatic heterocycles. The van der Waals surface area contributed by atoms with Gasteiger partial charge in [-0.05, 0) is 19.1 Å². The van der Waals surface area contributed by atoms with E-state index in [1.54, 1.807) is 0 Å². The zero-order valence-electron chi connectivity index (χ0n) is 7.10. The van der Waals surface area contributed by atoms with Gasteiger partial charge in [0.2, 0.25) is 0 Å². The lowest BCUT2D eigenvalue weighted by atomic mass is 10.2. The Morgan fingerprint density at radius 2 is 2.25 bits per heavy atom. The normalized spacial score (nSPS) is 9.92. The fourth-order valence-electron chi connectivity index (χ4n) is 1.12. The summed E-state index contributed by atoms with van der Waals surface area (Å²) in [6, 6.07) is 5.75. The van der Waals surface area contributed by atoms with E-state index in [2.05, 4.69) is 5.32 Å². The van der Waals surface area contributed by atoms with Gasteiger partial charge in [-0.2, -0.15) is 0 Å². The Bertz CT molecular complexity index is 261. The van der Waals surface area contributed by atoms with Gasteiger partial charge in [-0.1, -0.05) is 17.7 Å². The molecule has 1 aromatic rings. The number of anilines is 1. The SMILES string of the molecule is CCNc1cccc(Cl)c1CN. The predicted molar refractivity (Wildman–Crippen MR) is 53.5 cm³/mol. The van der Waals surface area contributed by atoms with E-state index in [0.29, 0.717) is 6.54 Å². The first-order chi connectivity index (χ1) is 5.79. The molecule has 0 unspecified atom stereocenters. The Hall–Kier alpha value is -0.730. The van der Waals surface area contributed by atoms with Crippen molar-refractivity contribution in [2.24, 2.45) is 5.73 Å². The van der Waals surface area contributed by atoms with Crippen LogP contribution in [-0.4, -0.2) is 6.54 Å². The van der Waals surface area contributed by atoms with Crippen LogP contribution in [0, 0.1) is 0 Å². The van der Waals surface area contributed by atoms with Crippen LogP contribution in [0.25, 0.3) is 0 Å². The Morgan fingerprint density at radius 3 is 2.83 bits per heavy atom. The molecule has 0 amide bonds. The van der Waals surface area contributed by atoms with Crippen LogP contribution in [-0.2, 0) is 6.54 Å². The molecule has 12 heavy (non-hydrogen) atoms. The quantitative estimate of drug-likeness (QED) is 0.756. The van der Waals surface area contributed by atoms with E-state index < -0.39 is 0 Å². The van der Waals surface area contributed by atoms with Crippen LogP contribution < -0.4 is 11.1 Å². The predicted octanol–water partition coefficient (Wildman–Crippen LogP) is 2.23. The monoisotopic (exact) mass is 184 g/mol. The first-order valence-electron chi connectivity index (χ1n) is 4.01. The lowest BCUT2D eigenvalue weighted by molar-refractivity contribution is 1.06. The highest BCUT2D eigenvalue weighted by atomic mass is 35.5. The van der Waals surface area contributed by atoms with Crippen LogP contribution in [0.3, 0.4) is 0 Å². The van der Waals surface area contributed by atoms with Gasteiger partial charge >= 0.3 is 0 Å². The fourth-order valence-corrected chi connectivity index (χ4v) is 1.37. The third kappa shape index (κ3) is 1.90. The van der Waals surface area contributed by atoms with E-state index in [-0.39, 0.29) is 0 Å². The molecule has 2 nitrogen and oxygen atoms in total. The minimum absolute atomic E-state index is 0.474. The van der Waals surface area contributed by atoms with Crippen molar-refractivity contribution in [3.05, 3.63) is 28.8 Å². The molecular formula is C9H13ClN2. The van der Waals surface area contributed by atoms with Crippen LogP contribution in [0.4, 0.5) is 5.69 Å². The number of hydrogen-bond acceptors (Lipinski definition) is 2. The molecular weight excluding hydrogens is 172 g/mol. The number of halogens is 1. The van der Waals surface area contributed by atoms with Crippen LogP contribution in [0.15, 0.2) is 18.2 Å². The van der Waals surface area contributed by atoms with E-state index in [0.717, 1.165) is 22.8 Å². The molecule has 0 atom stereocenters. The highest BCUT2D eigenvalue weighted by molar-refractivity contribution is 6.31. The Morgan fingerprint density at radius 1 is 1.50 bits per heavy atom. The maximum Gasteiger partial charge on any atom is 0.0471 e. The van der Waals surface area contributed by atoms with Crippen molar-refractivity contribution in [2.45, 2.75) is 13.5 Å². The molecule has 0 radical (unpaired) electrons. The van der Waals surface area contributed by atoms with Crippen LogP contribution in [0.1, 0.15) is 12.5 Å². The molecule has 3 N–H and O–H groups in total. The van der Waals surface area contributed by atoms with Crippen molar-refractivity contribution in [2.75, 3.05) is 11.9 Å². The second kappa shape index (κ2) is 4.33. The smallest absolute Gasteiger partial charge is 0.0471 e. The third-order valence-electron chi connectivity index (χ3n) is 1.69. The summed E-state index contributed by atoms with van der Waals surface area (Å²) in [6.07, 6.45) is 0. The zero-order valence-corrected chi connectivity index (χ0v) is 7.86. The lowest BCUT2D eigenvalue weighted by Crippen LogP contribution is -2.05. The number of nitrogens with one attached hydrogen (secondary N) is 1. The maximum atomic E-state index is 5.95. The first kappa shape index (κ1) is 9.36. The Kier molecular flexibility index (Phi) is 3.38. The molecule has 1 aromatic carbocycles. The minimum atomic E-state index is 0.474. The molecule has 0 bridgehead atoms. The summed E-state index contributed by atoms with van der Waals surface area (Å²) in [4.78, 5) is 0. The van der Waals surface area contributed by atoms with Gasteiger partial charge in [-0.15, -0.1) is 0 Å². The molecule has 0 saturated heterocycles. The van der Waals surface area contributed by atoms with E-state index in [9.17, 15) is 0 Å². The van der Waals surface area contributed by atoms with Gasteiger partial charge in [-0.3, -0.25) is 0 Å². The van der Waals surface area contributed by atoms with Gasteiger partial charge in [0, 0.05) is 29.4 Å². The van der Waals surface area contributed by atoms with E-state index >= 15 is 0 Å². The van der Waals surface area contributed by atoms with Gasteiger partial charge < -0.3 is 11.1 Å². The summed E-state index contributed by atoms with van der Waals surface area (Å²) in [7, 11) is 0. The molecule has 0 spiro atoms. The summed E-state index contributed by atoms with van der Waals surface area (Å²) in [5.74, 6) is 0. The topological polar surface area (TPSA) is 38.0 Å². The summed E-state index contributed by atoms with van der Waals surface area (Å²) in [5, 5.41) is 3.94. The number of benzene rings is 1. The number of nitrogens with two attached hydrogens (primary N) is 1. The van der Waals surface area contributed by atoms with E-state index in [1.807, 2.05) is 25.1 Å². The summed E-state index contributed by atoms with van der Waals surface area (Å²) < 4.78 is 0. The Labute approximate surface area is 77.7 Å². The molecule has 1 rings (SSSR count). The van der Waals surface area contributed by atoms with E-state index in [1.165, 1.54) is 0 Å². The molecule has 0 heterocycles. The highest BCUT2D eigenvalue weighted by Crippen LogP contribution is 2.23. The van der Waals surface area contributed by atoms with Crippen LogP contribution in [0.2, 0.25) is 5.02 Å². The van der Waals surface area contributed by atoms with Crippen LogP contribution >= 0.6 is 11.6 Å². The average molecular weight is 185 g/mol. The van der Waals surface area contributed by atoms with Crippen molar-refractivity contribution in [3.63, 3.8) is 0 Å². The molecule has 0 saturated carbocycles. The zero-order chi connectivity index (χ0) is 8.97. The molecule has 66 valence electrons. The second-order valence-electron chi connectivity index (χ2n) is 2.50. The van der Waals surface area contributed by atoms with Gasteiger partial charge in [0.05, 0.1) is 0 Å². The second-order valence-corrected chi connectivity index (χ2v) is 2.91. The van der Waals surface area contributed by atoms with Crippen molar-refractivity contribution in [1.82, 2.24) is 0 Å². The van der Waals surface area contributed by atoms with Gasteiger partial charge in [-0.25, -0.2) is 0 Å². The summed E-state index contributed by atoms with van der Waals surface area (Å²) >= 11 is 5.95. The van der Waals surface area contributed by atoms with Crippen molar-refractivity contribution in [1.29, 1.82) is 0 Å². The van der Waals surface area contributed by atoms with E-state index in [4.69, 9.17) is 17.3 Å². The highest BCUT2D eigenvalue weighted by Gasteiger charge is 2.02. The molecule has 0 fully saturated rings. The third-order valence-corrected chi connectivity index (χ3v) is 2.04. The van der Waals surface area contributed by atoms with Crippen molar-refractivity contribution >= 4 is 17.3 Å². The minimum Gasteiger partial charge on any atom is -0.385 e. The standard InChI is InChI=1S/C9H13ClN2/c1-2-12-9-5-3-4-8(10)7(9)6-11/h3-5,12H,2,6,11H2,1H3. The van der Waals surface area contributed by atoms with Gasteiger partial charge in [0.25, 0.3) is 0 Å². The van der Waals surface area contributed by atoms with Gasteiger partial charge in [0.1, 0.15) is 0 Å². The largest absolute Gasteiger partial charge is 0.385 e. The fraction of sp³-hybridized carbons (Fsp3) is 0.333. The first-order valence-corrected chi connectivity index (χ1v) is 4.38.